The highest BCUT2D eigenvalue weighted by Gasteiger charge is 2.48. The van der Waals surface area contributed by atoms with Crippen molar-refractivity contribution in [2.45, 2.75) is 18.0 Å². The zero-order chi connectivity index (χ0) is 27.5. The van der Waals surface area contributed by atoms with Crippen molar-refractivity contribution < 1.29 is 44.1 Å². The number of carbonyl (C=O) groups is 1. The minimum atomic E-state index is -5.83. The van der Waals surface area contributed by atoms with Crippen molar-refractivity contribution in [2.75, 3.05) is 11.9 Å². The maximum Gasteiger partial charge on any atom is 0.534 e. The molecule has 1 heterocycles. The monoisotopic (exact) mass is 555 g/mol. The molecule has 0 fully saturated rings. The van der Waals surface area contributed by atoms with Crippen LogP contribution in [0.1, 0.15) is 17.0 Å². The number of ether oxygens (including phenoxy) is 1. The van der Waals surface area contributed by atoms with Gasteiger partial charge in [-0.25, -0.2) is 9.80 Å². The third kappa shape index (κ3) is 6.19. The number of hydrazone groups is 1. The van der Waals surface area contributed by atoms with Gasteiger partial charge in [-0.2, -0.15) is 35.5 Å². The summed E-state index contributed by atoms with van der Waals surface area (Å²) in [6, 6.07) is 18.5. The first-order valence-electron chi connectivity index (χ1n) is 10.8. The van der Waals surface area contributed by atoms with Crippen molar-refractivity contribution in [3.63, 3.8) is 0 Å². The molecule has 4 rings (SSSR count). The number of hydrogen-bond acceptors (Lipinski definition) is 6. The van der Waals surface area contributed by atoms with Gasteiger partial charge >= 0.3 is 28.3 Å². The lowest BCUT2D eigenvalue weighted by Crippen LogP contribution is -2.30. The van der Waals surface area contributed by atoms with Gasteiger partial charge in [0.05, 0.1) is 12.3 Å². The summed E-state index contributed by atoms with van der Waals surface area (Å²) in [4.78, 5) is 12.9. The van der Waals surface area contributed by atoms with Crippen LogP contribution in [0.3, 0.4) is 0 Å². The highest BCUT2D eigenvalue weighted by molar-refractivity contribution is 7.88. The SMILES string of the molecule is O=C(Nc1ccc(OS(=O)(=O)C(F)(F)F)cc1)N1CC(c2ccccc2)C(c2ccc(OC(F)F)cc2)=N1. The Morgan fingerprint density at radius 1 is 0.947 bits per heavy atom. The third-order valence-corrected chi connectivity index (χ3v) is 6.30. The molecule has 1 aliphatic rings. The fourth-order valence-electron chi connectivity index (χ4n) is 3.60. The summed E-state index contributed by atoms with van der Waals surface area (Å²) >= 11 is 0. The van der Waals surface area contributed by atoms with Crippen LogP contribution in [-0.4, -0.2) is 43.8 Å². The van der Waals surface area contributed by atoms with E-state index in [0.717, 1.165) is 34.8 Å². The third-order valence-electron chi connectivity index (χ3n) is 5.32. The Bertz CT molecular complexity index is 1410. The number of halogens is 5. The van der Waals surface area contributed by atoms with Crippen molar-refractivity contribution in [3.05, 3.63) is 90.0 Å². The lowest BCUT2D eigenvalue weighted by Gasteiger charge is -2.16. The fourth-order valence-corrected chi connectivity index (χ4v) is 4.06. The molecule has 14 heteroatoms. The Kier molecular flexibility index (Phi) is 7.53. The van der Waals surface area contributed by atoms with Crippen LogP contribution in [0.15, 0.2) is 84.0 Å². The lowest BCUT2D eigenvalue weighted by molar-refractivity contribution is -0.0505. The summed E-state index contributed by atoms with van der Waals surface area (Å²) in [5, 5.41) is 8.09. The summed E-state index contributed by atoms with van der Waals surface area (Å²) in [6.07, 6.45) is 0. The second-order valence-corrected chi connectivity index (χ2v) is 9.41. The molecule has 0 spiro atoms. The lowest BCUT2D eigenvalue weighted by atomic mass is 9.90. The van der Waals surface area contributed by atoms with Gasteiger partial charge in [-0.1, -0.05) is 30.3 Å². The van der Waals surface area contributed by atoms with Gasteiger partial charge in [0, 0.05) is 11.6 Å². The second kappa shape index (κ2) is 10.7. The molecule has 3 aromatic rings. The first kappa shape index (κ1) is 26.9. The van der Waals surface area contributed by atoms with E-state index < -0.39 is 34.0 Å². The Hall–Kier alpha value is -4.20. The van der Waals surface area contributed by atoms with Gasteiger partial charge < -0.3 is 14.2 Å². The van der Waals surface area contributed by atoms with Gasteiger partial charge in [0.25, 0.3) is 0 Å². The average molecular weight is 555 g/mol. The molecular formula is C24H18F5N3O5S. The van der Waals surface area contributed by atoms with Crippen molar-refractivity contribution >= 4 is 27.5 Å². The molecule has 38 heavy (non-hydrogen) atoms. The van der Waals surface area contributed by atoms with Crippen molar-refractivity contribution in [3.8, 4) is 11.5 Å². The smallest absolute Gasteiger partial charge is 0.435 e. The molecular weight excluding hydrogens is 537 g/mol. The van der Waals surface area contributed by atoms with E-state index in [9.17, 15) is 35.2 Å². The van der Waals surface area contributed by atoms with Crippen molar-refractivity contribution in [1.29, 1.82) is 0 Å². The zero-order valence-electron chi connectivity index (χ0n) is 19.1. The standard InChI is InChI=1S/C24H18F5N3O5S/c25-22(26)36-18-10-6-16(7-11-18)21-20(15-4-2-1-3-5-15)14-32(31-21)23(33)30-17-8-12-19(13-9-17)37-38(34,35)24(27,28)29/h1-13,20,22H,14H2,(H,30,33). The normalized spacial score (nSPS) is 15.8. The van der Waals surface area contributed by atoms with E-state index in [-0.39, 0.29) is 23.9 Å². The summed E-state index contributed by atoms with van der Waals surface area (Å²) in [7, 11) is -5.83. The van der Waals surface area contributed by atoms with E-state index in [2.05, 4.69) is 19.3 Å². The first-order valence-corrected chi connectivity index (χ1v) is 12.2. The number of nitrogens with one attached hydrogen (secondary N) is 1. The Morgan fingerprint density at radius 2 is 1.55 bits per heavy atom. The Morgan fingerprint density at radius 3 is 2.13 bits per heavy atom. The number of nitrogens with zero attached hydrogens (tertiary/aromatic N) is 2. The van der Waals surface area contributed by atoms with Crippen LogP contribution in [0.25, 0.3) is 0 Å². The number of rotatable bonds is 7. The van der Waals surface area contributed by atoms with Gasteiger partial charge in [-0.15, -0.1) is 0 Å². The number of anilines is 1. The fraction of sp³-hybridized carbons (Fsp3) is 0.167. The van der Waals surface area contributed by atoms with Crippen LogP contribution in [0, 0.1) is 0 Å². The largest absolute Gasteiger partial charge is 0.534 e. The number of alkyl halides is 5. The van der Waals surface area contributed by atoms with Gasteiger partial charge in [0.1, 0.15) is 11.5 Å². The minimum absolute atomic E-state index is 0.0383. The van der Waals surface area contributed by atoms with Crippen LogP contribution in [-0.2, 0) is 10.1 Å². The van der Waals surface area contributed by atoms with Crippen LogP contribution in [0.4, 0.5) is 32.4 Å². The number of carbonyl (C=O) groups excluding carboxylic acids is 1. The average Bonchev–Trinajstić information content (AvgIpc) is 3.31. The molecule has 8 nitrogen and oxygen atoms in total. The van der Waals surface area contributed by atoms with E-state index in [1.165, 1.54) is 12.1 Å². The van der Waals surface area contributed by atoms with E-state index in [0.29, 0.717) is 11.3 Å². The molecule has 0 bridgehead atoms. The molecule has 1 unspecified atom stereocenters. The van der Waals surface area contributed by atoms with Gasteiger partial charge in [0.15, 0.2) is 0 Å². The predicted octanol–water partition coefficient (Wildman–Crippen LogP) is 5.55. The zero-order valence-corrected chi connectivity index (χ0v) is 19.9. The minimum Gasteiger partial charge on any atom is -0.435 e. The van der Waals surface area contributed by atoms with Gasteiger partial charge in [-0.3, -0.25) is 0 Å². The highest BCUT2D eigenvalue weighted by atomic mass is 32.2. The molecule has 0 aliphatic carbocycles. The van der Waals surface area contributed by atoms with Gasteiger partial charge in [0.2, 0.25) is 0 Å². The number of amides is 2. The molecule has 1 atom stereocenters. The maximum atomic E-state index is 12.9. The van der Waals surface area contributed by atoms with Crippen molar-refractivity contribution in [1.82, 2.24) is 5.01 Å². The number of benzene rings is 3. The van der Waals surface area contributed by atoms with E-state index in [1.54, 1.807) is 12.1 Å². The molecule has 1 N–H and O–H groups in total. The van der Waals surface area contributed by atoms with E-state index in [4.69, 9.17) is 0 Å². The molecule has 3 aromatic carbocycles. The van der Waals surface area contributed by atoms with E-state index in [1.807, 2.05) is 30.3 Å². The molecule has 0 aromatic heterocycles. The molecule has 0 saturated heterocycles. The summed E-state index contributed by atoms with van der Waals surface area (Å²) in [5.41, 5.74) is -3.53. The maximum absolute atomic E-state index is 12.9. The molecule has 200 valence electrons. The Balaban J connectivity index is 1.52. The topological polar surface area (TPSA) is 97.3 Å². The summed E-state index contributed by atoms with van der Waals surface area (Å²) in [6.45, 7) is -2.85. The van der Waals surface area contributed by atoms with Crippen LogP contribution < -0.4 is 14.2 Å². The van der Waals surface area contributed by atoms with Gasteiger partial charge in [-0.05, 0) is 59.7 Å². The van der Waals surface area contributed by atoms with Crippen LogP contribution in [0.5, 0.6) is 11.5 Å². The van der Waals surface area contributed by atoms with Crippen molar-refractivity contribution in [2.24, 2.45) is 5.10 Å². The molecule has 0 radical (unpaired) electrons. The molecule has 1 aliphatic heterocycles. The first-order chi connectivity index (χ1) is 17.9. The van der Waals surface area contributed by atoms with Crippen LogP contribution >= 0.6 is 0 Å². The quantitative estimate of drug-likeness (QED) is 0.234. The van der Waals surface area contributed by atoms with Crippen LogP contribution in [0.2, 0.25) is 0 Å². The number of hydrogen-bond donors (Lipinski definition) is 1. The highest BCUT2D eigenvalue weighted by Crippen LogP contribution is 2.31. The second-order valence-electron chi connectivity index (χ2n) is 7.87. The predicted molar refractivity (Wildman–Crippen MR) is 127 cm³/mol. The summed E-state index contributed by atoms with van der Waals surface area (Å²) < 4.78 is 93.2. The Labute approximate surface area is 213 Å². The molecule has 0 saturated carbocycles. The summed E-state index contributed by atoms with van der Waals surface area (Å²) in [5.74, 6) is -0.985. The molecule has 2 amide bonds. The number of urea groups is 1. The van der Waals surface area contributed by atoms with E-state index >= 15 is 0 Å².